The van der Waals surface area contributed by atoms with Crippen molar-refractivity contribution in [1.29, 1.82) is 0 Å². The average molecular weight is 540 g/mol. The lowest BCUT2D eigenvalue weighted by Crippen LogP contribution is -2.50. The summed E-state index contributed by atoms with van der Waals surface area (Å²) >= 11 is 0. The van der Waals surface area contributed by atoms with E-state index in [2.05, 4.69) is 5.32 Å². The van der Waals surface area contributed by atoms with Crippen LogP contribution in [-0.4, -0.2) is 68.5 Å². The maximum atomic E-state index is 14.1. The van der Waals surface area contributed by atoms with Crippen molar-refractivity contribution in [2.45, 2.75) is 37.6 Å². The van der Waals surface area contributed by atoms with Crippen molar-refractivity contribution in [2.75, 3.05) is 38.2 Å². The molecule has 9 nitrogen and oxygen atoms in total. The predicted octanol–water partition coefficient (Wildman–Crippen LogP) is 4.49. The molecule has 0 radical (unpaired) electrons. The molecule has 1 saturated heterocycles. The standard InChI is InChI=1S/C28H33N3O6S/c1-3-36-24-14-12-22(13-15-24)29-27(32)20-31(23-16-18-30(19-17-23)28(33)37-4-2)38(34,35)26-11-7-9-21-8-5-6-10-25(21)26/h5-15,23H,3-4,16-20H2,1-2H3,(H,29,32). The Morgan fingerprint density at radius 3 is 2.32 bits per heavy atom. The summed E-state index contributed by atoms with van der Waals surface area (Å²) in [6.45, 7) is 4.75. The maximum absolute atomic E-state index is 14.1. The van der Waals surface area contributed by atoms with Crippen LogP contribution in [0.25, 0.3) is 10.8 Å². The van der Waals surface area contributed by atoms with Crippen LogP contribution in [0.15, 0.2) is 71.6 Å². The zero-order chi connectivity index (χ0) is 27.1. The number of likely N-dealkylation sites (tertiary alicyclic amines) is 1. The van der Waals surface area contributed by atoms with Crippen LogP contribution in [0.5, 0.6) is 5.75 Å². The van der Waals surface area contributed by atoms with Gasteiger partial charge in [0.25, 0.3) is 0 Å². The smallest absolute Gasteiger partial charge is 0.409 e. The lowest BCUT2D eigenvalue weighted by molar-refractivity contribution is -0.116. The van der Waals surface area contributed by atoms with Crippen LogP contribution in [0.4, 0.5) is 10.5 Å². The van der Waals surface area contributed by atoms with Gasteiger partial charge in [0.05, 0.1) is 24.7 Å². The minimum Gasteiger partial charge on any atom is -0.494 e. The molecule has 0 spiro atoms. The van der Waals surface area contributed by atoms with Crippen molar-refractivity contribution >= 4 is 38.5 Å². The lowest BCUT2D eigenvalue weighted by Gasteiger charge is -2.37. The molecule has 0 bridgehead atoms. The van der Waals surface area contributed by atoms with E-state index in [0.717, 1.165) is 5.39 Å². The van der Waals surface area contributed by atoms with E-state index in [-0.39, 0.29) is 18.0 Å². The molecule has 4 rings (SSSR count). The zero-order valence-corrected chi connectivity index (χ0v) is 22.4. The molecule has 10 heteroatoms. The van der Waals surface area contributed by atoms with E-state index in [1.165, 1.54) is 4.31 Å². The molecule has 1 aliphatic heterocycles. The molecule has 0 atom stereocenters. The Bertz CT molecular complexity index is 1360. The van der Waals surface area contributed by atoms with Gasteiger partial charge in [0.2, 0.25) is 15.9 Å². The van der Waals surface area contributed by atoms with Crippen LogP contribution >= 0.6 is 0 Å². The van der Waals surface area contributed by atoms with E-state index in [1.54, 1.807) is 60.4 Å². The van der Waals surface area contributed by atoms with Gasteiger partial charge in [-0.25, -0.2) is 13.2 Å². The van der Waals surface area contributed by atoms with Gasteiger partial charge in [-0.3, -0.25) is 4.79 Å². The quantitative estimate of drug-likeness (QED) is 0.430. The largest absolute Gasteiger partial charge is 0.494 e. The number of fused-ring (bicyclic) bond motifs is 1. The van der Waals surface area contributed by atoms with Gasteiger partial charge in [0, 0.05) is 30.2 Å². The Kier molecular flexibility index (Phi) is 8.85. The first-order chi connectivity index (χ1) is 18.3. The summed E-state index contributed by atoms with van der Waals surface area (Å²) in [7, 11) is -4.06. The second-order valence-corrected chi connectivity index (χ2v) is 10.8. The van der Waals surface area contributed by atoms with Gasteiger partial charge >= 0.3 is 6.09 Å². The molecule has 0 saturated carbocycles. The number of amides is 2. The third-order valence-electron chi connectivity index (χ3n) is 6.48. The van der Waals surface area contributed by atoms with Gasteiger partial charge in [-0.05, 0) is 62.4 Å². The zero-order valence-electron chi connectivity index (χ0n) is 21.6. The number of hydrogen-bond acceptors (Lipinski definition) is 6. The van der Waals surface area contributed by atoms with Crippen molar-refractivity contribution in [2.24, 2.45) is 0 Å². The Hall–Kier alpha value is -3.63. The maximum Gasteiger partial charge on any atom is 0.409 e. The highest BCUT2D eigenvalue weighted by Gasteiger charge is 2.37. The van der Waals surface area contributed by atoms with E-state index in [0.29, 0.717) is 49.4 Å². The first-order valence-corrected chi connectivity index (χ1v) is 14.2. The summed E-state index contributed by atoms with van der Waals surface area (Å²) in [4.78, 5) is 27.0. The number of carbonyl (C=O) groups excluding carboxylic acids is 2. The number of hydrogen-bond donors (Lipinski definition) is 1. The van der Waals surface area contributed by atoms with Gasteiger partial charge in [0.1, 0.15) is 5.75 Å². The summed E-state index contributed by atoms with van der Waals surface area (Å²) in [6.07, 6.45) is 0.362. The number of benzene rings is 3. The van der Waals surface area contributed by atoms with E-state index < -0.39 is 28.1 Å². The van der Waals surface area contributed by atoms with Crippen LogP contribution in [0.3, 0.4) is 0 Å². The van der Waals surface area contributed by atoms with E-state index in [4.69, 9.17) is 9.47 Å². The fourth-order valence-corrected chi connectivity index (χ4v) is 6.51. The monoisotopic (exact) mass is 539 g/mol. The topological polar surface area (TPSA) is 105 Å². The summed E-state index contributed by atoms with van der Waals surface area (Å²) in [5, 5.41) is 4.19. The molecular weight excluding hydrogens is 506 g/mol. The Morgan fingerprint density at radius 2 is 1.63 bits per heavy atom. The van der Waals surface area contributed by atoms with Crippen LogP contribution in [-0.2, 0) is 19.6 Å². The lowest BCUT2D eigenvalue weighted by atomic mass is 10.1. The van der Waals surface area contributed by atoms with E-state index in [1.807, 2.05) is 25.1 Å². The van der Waals surface area contributed by atoms with E-state index >= 15 is 0 Å². The molecule has 38 heavy (non-hydrogen) atoms. The third-order valence-corrected chi connectivity index (χ3v) is 8.44. The predicted molar refractivity (Wildman–Crippen MR) is 146 cm³/mol. The number of nitrogens with one attached hydrogen (secondary N) is 1. The molecule has 0 unspecified atom stereocenters. The minimum atomic E-state index is -4.06. The second-order valence-electron chi connectivity index (χ2n) is 8.95. The second kappa shape index (κ2) is 12.3. The molecule has 0 aromatic heterocycles. The van der Waals surface area contributed by atoms with Gasteiger partial charge in [-0.1, -0.05) is 36.4 Å². The highest BCUT2D eigenvalue weighted by atomic mass is 32.2. The molecule has 2 amide bonds. The molecule has 1 fully saturated rings. The first-order valence-electron chi connectivity index (χ1n) is 12.8. The summed E-state index contributed by atoms with van der Waals surface area (Å²) in [6, 6.07) is 18.9. The van der Waals surface area contributed by atoms with Gasteiger partial charge < -0.3 is 19.7 Å². The van der Waals surface area contributed by atoms with E-state index in [9.17, 15) is 18.0 Å². The number of rotatable bonds is 9. The van der Waals surface area contributed by atoms with Crippen molar-refractivity contribution in [3.63, 3.8) is 0 Å². The number of ether oxygens (including phenoxy) is 2. The normalized spacial score (nSPS) is 14.4. The molecule has 0 aliphatic carbocycles. The van der Waals surface area contributed by atoms with Crippen molar-refractivity contribution in [3.05, 3.63) is 66.7 Å². The van der Waals surface area contributed by atoms with Crippen LogP contribution in [0, 0.1) is 0 Å². The fourth-order valence-electron chi connectivity index (χ4n) is 4.65. The number of nitrogens with zero attached hydrogens (tertiary/aromatic N) is 2. The van der Waals surface area contributed by atoms with Gasteiger partial charge in [0.15, 0.2) is 0 Å². The summed E-state index contributed by atoms with van der Waals surface area (Å²) in [5.41, 5.74) is 0.540. The molecule has 202 valence electrons. The van der Waals surface area contributed by atoms with Crippen molar-refractivity contribution in [3.8, 4) is 5.75 Å². The highest BCUT2D eigenvalue weighted by molar-refractivity contribution is 7.89. The number of anilines is 1. The van der Waals surface area contributed by atoms with Gasteiger partial charge in [-0.15, -0.1) is 0 Å². The van der Waals surface area contributed by atoms with Crippen LogP contribution in [0.2, 0.25) is 0 Å². The fraction of sp³-hybridized carbons (Fsp3) is 0.357. The third kappa shape index (κ3) is 6.25. The molecule has 1 aliphatic rings. The molecule has 1 heterocycles. The highest BCUT2D eigenvalue weighted by Crippen LogP contribution is 2.30. The summed E-state index contributed by atoms with van der Waals surface area (Å²) in [5.74, 6) is 0.227. The van der Waals surface area contributed by atoms with Crippen LogP contribution in [0.1, 0.15) is 26.7 Å². The van der Waals surface area contributed by atoms with Gasteiger partial charge in [-0.2, -0.15) is 4.31 Å². The Morgan fingerprint density at radius 1 is 0.947 bits per heavy atom. The van der Waals surface area contributed by atoms with Crippen molar-refractivity contribution < 1.29 is 27.5 Å². The molecule has 1 N–H and O–H groups in total. The number of piperidine rings is 1. The molecular formula is C28H33N3O6S. The first kappa shape index (κ1) is 27.4. The molecule has 3 aromatic carbocycles. The molecule has 3 aromatic rings. The summed E-state index contributed by atoms with van der Waals surface area (Å²) < 4.78 is 40.0. The average Bonchev–Trinajstić information content (AvgIpc) is 2.93. The minimum absolute atomic E-state index is 0.150. The number of carbonyl (C=O) groups is 2. The Labute approximate surface area is 223 Å². The van der Waals surface area contributed by atoms with Crippen molar-refractivity contribution in [1.82, 2.24) is 9.21 Å². The SMILES string of the molecule is CCOC(=O)N1CCC(N(CC(=O)Nc2ccc(OCC)cc2)S(=O)(=O)c2cccc3ccccc23)CC1. The number of sulfonamides is 1. The Balaban J connectivity index is 1.60. The van der Waals surface area contributed by atoms with Crippen LogP contribution < -0.4 is 10.1 Å².